The van der Waals surface area contributed by atoms with E-state index in [1.165, 1.54) is 0 Å². The molecule has 0 aliphatic rings. The van der Waals surface area contributed by atoms with Crippen molar-refractivity contribution in [1.82, 2.24) is 4.98 Å². The molecular formula is C12H18N2O2. The van der Waals surface area contributed by atoms with Gasteiger partial charge in [-0.15, -0.1) is 0 Å². The van der Waals surface area contributed by atoms with Crippen molar-refractivity contribution in [1.29, 1.82) is 0 Å². The lowest BCUT2D eigenvalue weighted by molar-refractivity contribution is 0.0392. The fraction of sp³-hybridized carbons (Fsp3) is 0.500. The third kappa shape index (κ3) is 4.29. The molecule has 16 heavy (non-hydrogen) atoms. The molecule has 4 nitrogen and oxygen atoms in total. The minimum Gasteiger partial charge on any atom is -0.444 e. The number of nitrogens with zero attached hydrogens (tertiary/aromatic N) is 1. The molecule has 0 unspecified atom stereocenters. The number of hydrogen-bond acceptors (Lipinski definition) is 3. The number of amides is 1. The average molecular weight is 222 g/mol. The normalized spacial score (nSPS) is 11.2. The molecule has 0 aromatic carbocycles. The van der Waals surface area contributed by atoms with Crippen molar-refractivity contribution in [2.45, 2.75) is 39.2 Å². The molecule has 1 aromatic rings. The van der Waals surface area contributed by atoms with Crippen LogP contribution >= 0.6 is 0 Å². The molecule has 0 aliphatic carbocycles. The van der Waals surface area contributed by atoms with Crippen molar-refractivity contribution < 1.29 is 9.53 Å². The summed E-state index contributed by atoms with van der Waals surface area (Å²) in [4.78, 5) is 15.0. The zero-order valence-corrected chi connectivity index (χ0v) is 9.99. The highest BCUT2D eigenvalue weighted by atomic mass is 16.6. The highest BCUT2D eigenvalue weighted by Crippen LogP contribution is 2.17. The van der Waals surface area contributed by atoms with E-state index in [1.54, 1.807) is 0 Å². The summed E-state index contributed by atoms with van der Waals surface area (Å²) >= 11 is 0. The molecule has 2 N–H and O–H groups in total. The predicted octanol–water partition coefficient (Wildman–Crippen LogP) is 2.20. The van der Waals surface area contributed by atoms with Crippen LogP contribution in [0.3, 0.4) is 0 Å². The van der Waals surface area contributed by atoms with Gasteiger partial charge in [-0.1, -0.05) is 6.07 Å². The van der Waals surface area contributed by atoms with Crippen LogP contribution in [0, 0.1) is 6.92 Å². The van der Waals surface area contributed by atoms with Gasteiger partial charge in [-0.05, 0) is 45.7 Å². The van der Waals surface area contributed by atoms with Gasteiger partial charge in [-0.25, -0.2) is 4.79 Å². The second-order valence-electron chi connectivity index (χ2n) is 4.45. The van der Waals surface area contributed by atoms with Crippen LogP contribution in [0.15, 0.2) is 18.2 Å². The van der Waals surface area contributed by atoms with E-state index in [0.717, 1.165) is 17.8 Å². The Morgan fingerprint density at radius 1 is 1.50 bits per heavy atom. The topological polar surface area (TPSA) is 65.2 Å². The molecule has 0 bridgehead atoms. The van der Waals surface area contributed by atoms with Gasteiger partial charge >= 0.3 is 6.09 Å². The van der Waals surface area contributed by atoms with Crippen molar-refractivity contribution in [3.05, 3.63) is 29.6 Å². The Balaban J connectivity index is 2.54. The van der Waals surface area contributed by atoms with Gasteiger partial charge in [0, 0.05) is 11.4 Å². The van der Waals surface area contributed by atoms with Crippen LogP contribution < -0.4 is 5.73 Å². The lowest BCUT2D eigenvalue weighted by Crippen LogP contribution is -2.31. The van der Waals surface area contributed by atoms with E-state index in [1.807, 2.05) is 39.0 Å². The highest BCUT2D eigenvalue weighted by Gasteiger charge is 2.21. The van der Waals surface area contributed by atoms with Crippen LogP contribution in [0.5, 0.6) is 0 Å². The molecule has 1 amide bonds. The Morgan fingerprint density at radius 3 is 2.75 bits per heavy atom. The molecule has 1 aromatic heterocycles. The van der Waals surface area contributed by atoms with Crippen molar-refractivity contribution in [2.24, 2.45) is 5.73 Å². The molecule has 88 valence electrons. The molecule has 0 atom stereocenters. The van der Waals surface area contributed by atoms with Gasteiger partial charge in [0.25, 0.3) is 0 Å². The van der Waals surface area contributed by atoms with Crippen LogP contribution in [-0.4, -0.2) is 16.7 Å². The maximum Gasteiger partial charge on any atom is 0.405 e. The number of primary amides is 1. The van der Waals surface area contributed by atoms with Crippen molar-refractivity contribution in [3.63, 3.8) is 0 Å². The van der Waals surface area contributed by atoms with Crippen LogP contribution in [0.25, 0.3) is 0 Å². The third-order valence-corrected chi connectivity index (χ3v) is 2.31. The standard InChI is InChI=1S/C12H18N2O2/c1-9-5-4-6-10(14-9)7-8-12(2,3)16-11(13)15/h4-6H,7-8H2,1-3H3,(H2,13,15). The number of aryl methyl sites for hydroxylation is 2. The van der Waals surface area contributed by atoms with Crippen LogP contribution in [0.4, 0.5) is 4.79 Å². The number of hydrogen-bond donors (Lipinski definition) is 1. The lowest BCUT2D eigenvalue weighted by Gasteiger charge is -2.23. The molecule has 1 heterocycles. The average Bonchev–Trinajstić information content (AvgIpc) is 2.13. The van der Waals surface area contributed by atoms with E-state index in [0.29, 0.717) is 6.42 Å². The van der Waals surface area contributed by atoms with Crippen LogP contribution in [-0.2, 0) is 11.2 Å². The Hall–Kier alpha value is -1.58. The Labute approximate surface area is 95.8 Å². The summed E-state index contributed by atoms with van der Waals surface area (Å²) in [6.45, 7) is 5.63. The number of carbonyl (C=O) groups excluding carboxylic acids is 1. The van der Waals surface area contributed by atoms with E-state index in [9.17, 15) is 4.79 Å². The summed E-state index contributed by atoms with van der Waals surface area (Å²) in [7, 11) is 0. The fourth-order valence-electron chi connectivity index (χ4n) is 1.49. The fourth-order valence-corrected chi connectivity index (χ4v) is 1.49. The Bertz CT molecular complexity index is 375. The second kappa shape index (κ2) is 4.96. The second-order valence-corrected chi connectivity index (χ2v) is 4.45. The first-order valence-electron chi connectivity index (χ1n) is 5.30. The van der Waals surface area contributed by atoms with Gasteiger partial charge in [0.1, 0.15) is 5.60 Å². The Kier molecular flexibility index (Phi) is 3.88. The molecule has 0 spiro atoms. The summed E-state index contributed by atoms with van der Waals surface area (Å²) in [5.41, 5.74) is 6.44. The number of aromatic nitrogens is 1. The molecule has 0 aliphatic heterocycles. The van der Waals surface area contributed by atoms with Gasteiger partial charge in [-0.3, -0.25) is 4.98 Å². The van der Waals surface area contributed by atoms with Gasteiger partial charge in [-0.2, -0.15) is 0 Å². The molecule has 1 rings (SSSR count). The number of nitrogens with two attached hydrogens (primary N) is 1. The van der Waals surface area contributed by atoms with Gasteiger partial charge < -0.3 is 10.5 Å². The molecule has 0 saturated carbocycles. The Morgan fingerprint density at radius 2 is 2.19 bits per heavy atom. The smallest absolute Gasteiger partial charge is 0.405 e. The summed E-state index contributed by atoms with van der Waals surface area (Å²) in [5, 5.41) is 0. The van der Waals surface area contributed by atoms with E-state index in [4.69, 9.17) is 10.5 Å². The molecule has 0 fully saturated rings. The summed E-state index contributed by atoms with van der Waals surface area (Å²) in [6, 6.07) is 5.89. The summed E-state index contributed by atoms with van der Waals surface area (Å²) in [5.74, 6) is 0. The minimum absolute atomic E-state index is 0.544. The first kappa shape index (κ1) is 12.5. The highest BCUT2D eigenvalue weighted by molar-refractivity contribution is 5.65. The molecular weight excluding hydrogens is 204 g/mol. The van der Waals surface area contributed by atoms with E-state index in [-0.39, 0.29) is 0 Å². The quantitative estimate of drug-likeness (QED) is 0.849. The first-order chi connectivity index (χ1) is 7.39. The number of ether oxygens (including phenoxy) is 1. The molecule has 0 saturated heterocycles. The maximum absolute atomic E-state index is 10.7. The SMILES string of the molecule is Cc1cccc(CCC(C)(C)OC(N)=O)n1. The monoisotopic (exact) mass is 222 g/mol. The minimum atomic E-state index is -0.734. The number of pyridine rings is 1. The molecule has 4 heteroatoms. The van der Waals surface area contributed by atoms with E-state index >= 15 is 0 Å². The first-order valence-corrected chi connectivity index (χ1v) is 5.30. The largest absolute Gasteiger partial charge is 0.444 e. The van der Waals surface area contributed by atoms with Gasteiger partial charge in [0.05, 0.1) is 0 Å². The lowest BCUT2D eigenvalue weighted by atomic mass is 10.0. The van der Waals surface area contributed by atoms with Crippen molar-refractivity contribution >= 4 is 6.09 Å². The van der Waals surface area contributed by atoms with Crippen molar-refractivity contribution in [2.75, 3.05) is 0 Å². The third-order valence-electron chi connectivity index (χ3n) is 2.31. The zero-order valence-electron chi connectivity index (χ0n) is 9.99. The maximum atomic E-state index is 10.7. The number of carbonyl (C=O) groups is 1. The summed E-state index contributed by atoms with van der Waals surface area (Å²) < 4.78 is 5.00. The van der Waals surface area contributed by atoms with E-state index in [2.05, 4.69) is 4.98 Å². The molecule has 0 radical (unpaired) electrons. The van der Waals surface area contributed by atoms with E-state index < -0.39 is 11.7 Å². The van der Waals surface area contributed by atoms with Crippen LogP contribution in [0.2, 0.25) is 0 Å². The van der Waals surface area contributed by atoms with Crippen LogP contribution in [0.1, 0.15) is 31.7 Å². The number of rotatable bonds is 4. The van der Waals surface area contributed by atoms with Gasteiger partial charge in [0.15, 0.2) is 0 Å². The predicted molar refractivity (Wildman–Crippen MR) is 62.0 cm³/mol. The summed E-state index contributed by atoms with van der Waals surface area (Å²) in [6.07, 6.45) is 0.733. The van der Waals surface area contributed by atoms with Crippen molar-refractivity contribution in [3.8, 4) is 0 Å². The van der Waals surface area contributed by atoms with Gasteiger partial charge in [0.2, 0.25) is 0 Å². The zero-order chi connectivity index (χ0) is 12.2.